The van der Waals surface area contributed by atoms with E-state index in [0.29, 0.717) is 45.0 Å². The maximum Gasteiger partial charge on any atom is 0.267 e. The number of benzene rings is 6. The summed E-state index contributed by atoms with van der Waals surface area (Å²) in [5.74, 6) is 0.0656. The van der Waals surface area contributed by atoms with Gasteiger partial charge in [0.15, 0.2) is 0 Å². The first-order valence-corrected chi connectivity index (χ1v) is 21.8. The normalized spacial score (nSPS) is 30.0. The first-order valence-electron chi connectivity index (χ1n) is 43.8. The van der Waals surface area contributed by atoms with Gasteiger partial charge in [0, 0.05) is 102 Å². The first kappa shape index (κ1) is 19.7. The van der Waals surface area contributed by atoms with E-state index in [2.05, 4.69) is 23.4 Å². The van der Waals surface area contributed by atoms with Gasteiger partial charge < -0.3 is 13.9 Å². The van der Waals surface area contributed by atoms with Crippen molar-refractivity contribution in [2.24, 2.45) is 0 Å². The molecule has 0 spiro atoms. The molecule has 0 radical (unpaired) electrons. The Hall–Kier alpha value is -6.03. The Morgan fingerprint density at radius 2 is 1.28 bits per heavy atom. The zero-order valence-electron chi connectivity index (χ0n) is 82.2. The van der Waals surface area contributed by atoms with Gasteiger partial charge in [-0.2, -0.15) is 18.2 Å². The van der Waals surface area contributed by atoms with Gasteiger partial charge in [-0.1, -0.05) is 154 Å². The molecule has 0 N–H and O–H groups in total. The van der Waals surface area contributed by atoms with E-state index >= 15 is 0 Å². The third kappa shape index (κ3) is 8.38. The Morgan fingerprint density at radius 3 is 1.89 bits per heavy atom. The maximum absolute atomic E-state index is 10.3. The zero-order valence-corrected chi connectivity index (χ0v) is 40.4. The number of imidazole rings is 1. The summed E-state index contributed by atoms with van der Waals surface area (Å²) in [5.41, 5.74) is -37.0. The van der Waals surface area contributed by atoms with E-state index < -0.39 is 219 Å². The average Bonchev–Trinajstić information content (AvgIpc) is 0.761. The number of aromatic nitrogens is 4. The van der Waals surface area contributed by atoms with Crippen molar-refractivity contribution in [1.82, 2.24) is 14.1 Å². The van der Waals surface area contributed by atoms with Crippen LogP contribution in [0.25, 0.3) is 61.3 Å². The summed E-state index contributed by atoms with van der Waals surface area (Å²) < 4.78 is 415. The molecule has 3 heterocycles. The van der Waals surface area contributed by atoms with Crippen molar-refractivity contribution in [2.75, 3.05) is 0 Å². The molecule has 0 saturated carbocycles. The van der Waals surface area contributed by atoms with Gasteiger partial charge in [0.1, 0.15) is 5.82 Å². The predicted octanol–water partition coefficient (Wildman–Crippen LogP) is 16.4. The van der Waals surface area contributed by atoms with E-state index in [4.69, 9.17) is 37.6 Å². The van der Waals surface area contributed by atoms with Gasteiger partial charge in [-0.15, -0.1) is 29.7 Å². The van der Waals surface area contributed by atoms with Crippen LogP contribution in [-0.4, -0.2) is 14.1 Å². The molecule has 2 aliphatic rings. The third-order valence-electron chi connectivity index (χ3n) is 12.3. The third-order valence-corrected chi connectivity index (χ3v) is 12.3. The zero-order chi connectivity index (χ0) is 87.4. The van der Waals surface area contributed by atoms with E-state index in [1.807, 2.05) is 49.6 Å². The minimum atomic E-state index is -5.00. The first-order chi connectivity index (χ1) is 51.6. The van der Waals surface area contributed by atoms with Gasteiger partial charge in [-0.3, -0.25) is 4.57 Å². The number of rotatable bonds is 7. The summed E-state index contributed by atoms with van der Waals surface area (Å²) in [4.78, 5) is 4.68. The van der Waals surface area contributed by atoms with Gasteiger partial charge in [-0.05, 0) is 146 Å². The molecule has 3 aromatic heterocycles. The SMILES string of the molecule is [2H]c1c([2H])c2c(c([2H])c1-c1cccc(-c3c([2H])c([2H])c4c(c3[2H])C(C([2H])([2H])[2H])(C([2H])([2H])[2H])C([2H])([2H])C([2H])([2H])C4(C([2H])([2H])[2H])C([2H])([2H])[2H])c1-[n+]1[c-]n(-c3[c-]c(Oc4[c-]c5c(cc4)c4ccccc4n5-c4cc(C(C)(C)C)ccn4)ccc3)c(C([2H])([2H])[2H])c1C([2H])([2H])[2H])C(C([2H])([2H])[2H])(C([2H])([2H])[2H])C([2H])([2H])C([2H])([2H])C2(C([2H])([2H])[2H])C([2H])([2H])[2H].[Pt]. The molecule has 72 heavy (non-hydrogen) atoms. The number of pyridine rings is 1. The second kappa shape index (κ2) is 17.6. The van der Waals surface area contributed by atoms with Gasteiger partial charge in [-0.25, -0.2) is 4.98 Å². The molecule has 0 atom stereocenters. The van der Waals surface area contributed by atoms with Crippen LogP contribution in [0.1, 0.15) is 201 Å². The second-order valence-corrected chi connectivity index (χ2v) is 18.3. The van der Waals surface area contributed by atoms with Crippen molar-refractivity contribution < 1.29 is 90.7 Å². The fourth-order valence-electron chi connectivity index (χ4n) is 8.69. The van der Waals surface area contributed by atoms with Crippen molar-refractivity contribution >= 4 is 21.8 Å². The Bertz CT molecular complexity index is 5230. The minimum Gasteiger partial charge on any atom is -0.510 e. The molecule has 6 heteroatoms. The molecule has 9 aromatic rings. The number of ether oxygens (including phenoxy) is 1. The largest absolute Gasteiger partial charge is 0.510 e. The van der Waals surface area contributed by atoms with Crippen LogP contribution in [0.5, 0.6) is 11.5 Å². The summed E-state index contributed by atoms with van der Waals surface area (Å²) in [6, 6.07) is 13.9. The monoisotopic (exact) mass is 1170 g/mol. The van der Waals surface area contributed by atoms with Crippen LogP contribution in [-0.2, 0) is 48.1 Å². The summed E-state index contributed by atoms with van der Waals surface area (Å²) in [7, 11) is 0. The summed E-state index contributed by atoms with van der Waals surface area (Å²) >= 11 is 0. The van der Waals surface area contributed by atoms with Crippen molar-refractivity contribution in [3.63, 3.8) is 0 Å². The molecule has 6 aromatic carbocycles. The molecule has 0 saturated heterocycles. The number of nitrogens with zero attached hydrogens (tertiary/aromatic N) is 4. The van der Waals surface area contributed by atoms with Crippen LogP contribution in [0, 0.1) is 32.2 Å². The average molecular weight is 1170 g/mol. The molecular weight excluding hydrogens is 1060 g/mol. The molecule has 0 unspecified atom stereocenters. The topological polar surface area (TPSA) is 35.9 Å². The van der Waals surface area contributed by atoms with E-state index in [-0.39, 0.29) is 42.5 Å². The fourth-order valence-corrected chi connectivity index (χ4v) is 8.69. The van der Waals surface area contributed by atoms with Crippen molar-refractivity contribution in [2.45, 2.75) is 142 Å². The van der Waals surface area contributed by atoms with Crippen molar-refractivity contribution in [3.8, 4) is 50.9 Å². The van der Waals surface area contributed by atoms with Gasteiger partial charge in [0.2, 0.25) is 0 Å². The fraction of sp³-hybridized carbons (Fsp3) is 0.333. The van der Waals surface area contributed by atoms with Crippen LogP contribution in [0.15, 0.2) is 127 Å². The molecule has 0 bridgehead atoms. The van der Waals surface area contributed by atoms with Crippen molar-refractivity contribution in [3.05, 3.63) is 185 Å². The Labute approximate surface area is 504 Å². The Kier molecular flexibility index (Phi) is 4.80. The standard InChI is InChI=1S/C66H68N4O.Pt/c1-42-43(2)69(41-68(42)47-18-16-19-48(39-47)71-49-26-27-53-52-20-14-15-23-58(52)70(59(53)40-49)60-38-46(30-35-67-60)62(3,4)5)61-50(44-24-28-54-56(36-44)65(10,11)33-31-63(54,6)7)21-17-22-51(61)45-25-29-55-57(37-45)66(12,13)34-32-64(55,8)9;/h14-30,35-38H,31-34H2,1-13H3;/q-2;/i1D3,2D3,6D3,7D3,8D3,9D3,10D3,11D3,12D3,13D3,24D,25D,28D,29D,31D2,32D2,33D2,34D2,36D,37D;. The molecule has 2 aliphatic carbocycles. The van der Waals surface area contributed by atoms with Crippen LogP contribution in [0.2, 0.25) is 0 Å². The van der Waals surface area contributed by atoms with E-state index in [1.54, 1.807) is 24.4 Å². The second-order valence-electron chi connectivity index (χ2n) is 18.3. The van der Waals surface area contributed by atoms with Crippen LogP contribution in [0.4, 0.5) is 0 Å². The molecular formula is C66H68N4OPt-2. The number of fused-ring (bicyclic) bond motifs is 5. The molecule has 0 aliphatic heterocycles. The Balaban J connectivity index is 0.0000142. The quantitative estimate of drug-likeness (QED) is 0.118. The number of hydrogen-bond donors (Lipinski definition) is 0. The summed E-state index contributed by atoms with van der Waals surface area (Å²) in [6.07, 6.45) is -15.7. The van der Waals surface area contributed by atoms with Gasteiger partial charge in [0.25, 0.3) is 6.33 Å². The van der Waals surface area contributed by atoms with Gasteiger partial charge in [0.05, 0.1) is 19.6 Å². The summed E-state index contributed by atoms with van der Waals surface area (Å²) in [5, 5.41) is 1.40. The Morgan fingerprint density at radius 1 is 0.667 bits per heavy atom. The number of hydrogen-bond acceptors (Lipinski definition) is 2. The predicted molar refractivity (Wildman–Crippen MR) is 292 cm³/mol. The van der Waals surface area contributed by atoms with Crippen LogP contribution in [0.3, 0.4) is 0 Å². The molecule has 0 fully saturated rings. The molecule has 0 amide bonds. The van der Waals surface area contributed by atoms with E-state index in [0.717, 1.165) is 17.0 Å². The minimum absolute atomic E-state index is 0. The molecule has 5 nitrogen and oxygen atoms in total. The maximum atomic E-state index is 10.3. The van der Waals surface area contributed by atoms with Crippen LogP contribution < -0.4 is 9.30 Å². The van der Waals surface area contributed by atoms with E-state index in [1.165, 1.54) is 18.2 Å². The summed E-state index contributed by atoms with van der Waals surface area (Å²) in [6.45, 7) is -39.4. The van der Waals surface area contributed by atoms with Crippen molar-refractivity contribution in [1.29, 1.82) is 0 Å². The van der Waals surface area contributed by atoms with Gasteiger partial charge >= 0.3 is 0 Å². The smallest absolute Gasteiger partial charge is 0.267 e. The number of para-hydroxylation sites is 2. The van der Waals surface area contributed by atoms with Crippen LogP contribution >= 0.6 is 0 Å². The molecule has 370 valence electrons. The molecule has 11 rings (SSSR count). The van der Waals surface area contributed by atoms with E-state index in [9.17, 15) is 27.4 Å².